The molecular weight excluding hydrogens is 214 g/mol. The Kier molecular flexibility index (Phi) is 2.49. The lowest BCUT2D eigenvalue weighted by atomic mass is 9.64. The molecule has 2 bridgehead atoms. The van der Waals surface area contributed by atoms with E-state index in [1.165, 1.54) is 0 Å². The molecule has 2 rings (SSSR count). The van der Waals surface area contributed by atoms with Crippen molar-refractivity contribution in [1.29, 1.82) is 0 Å². The summed E-state index contributed by atoms with van der Waals surface area (Å²) in [5.41, 5.74) is -1.07. The summed E-state index contributed by atoms with van der Waals surface area (Å²) in [7, 11) is 0. The van der Waals surface area contributed by atoms with Gasteiger partial charge in [-0.3, -0.25) is 9.59 Å². The molecule has 2 aliphatic carbocycles. The van der Waals surface area contributed by atoms with Gasteiger partial charge in [-0.1, -0.05) is 26.8 Å². The first-order valence-corrected chi connectivity index (χ1v) is 6.24. The molecule has 3 nitrogen and oxygen atoms in total. The Morgan fingerprint density at radius 2 is 2.06 bits per heavy atom. The molecule has 0 aromatic heterocycles. The van der Waals surface area contributed by atoms with E-state index < -0.39 is 5.41 Å². The van der Waals surface area contributed by atoms with Gasteiger partial charge in [-0.2, -0.15) is 0 Å². The van der Waals surface area contributed by atoms with E-state index in [2.05, 4.69) is 25.7 Å². The van der Waals surface area contributed by atoms with Gasteiger partial charge in [0.2, 0.25) is 5.91 Å². The highest BCUT2D eigenvalue weighted by molar-refractivity contribution is 5.99. The van der Waals surface area contributed by atoms with Crippen LogP contribution in [0.25, 0.3) is 0 Å². The van der Waals surface area contributed by atoms with Crippen molar-refractivity contribution in [2.75, 3.05) is 6.54 Å². The number of ketones is 1. The topological polar surface area (TPSA) is 46.2 Å². The molecule has 2 aliphatic rings. The molecule has 0 saturated heterocycles. The van der Waals surface area contributed by atoms with E-state index in [4.69, 9.17) is 0 Å². The second-order valence-electron chi connectivity index (χ2n) is 6.14. The zero-order valence-corrected chi connectivity index (χ0v) is 10.9. The highest BCUT2D eigenvalue weighted by atomic mass is 16.2. The van der Waals surface area contributed by atoms with Crippen molar-refractivity contribution in [1.82, 2.24) is 5.32 Å². The van der Waals surface area contributed by atoms with Gasteiger partial charge >= 0.3 is 0 Å². The fourth-order valence-electron chi connectivity index (χ4n) is 3.69. The molecule has 0 spiro atoms. The van der Waals surface area contributed by atoms with Crippen LogP contribution in [0.3, 0.4) is 0 Å². The van der Waals surface area contributed by atoms with Gasteiger partial charge in [-0.15, -0.1) is 6.58 Å². The number of amides is 1. The van der Waals surface area contributed by atoms with Crippen LogP contribution in [0.15, 0.2) is 12.7 Å². The molecule has 0 unspecified atom stereocenters. The molecule has 94 valence electrons. The maximum absolute atomic E-state index is 12.4. The molecule has 0 aromatic carbocycles. The summed E-state index contributed by atoms with van der Waals surface area (Å²) in [5, 5.41) is 2.88. The lowest BCUT2D eigenvalue weighted by molar-refractivity contribution is -0.136. The first kappa shape index (κ1) is 12.3. The minimum Gasteiger partial charge on any atom is -0.352 e. The predicted octanol–water partition coefficient (Wildman–Crippen LogP) is 2.07. The summed E-state index contributed by atoms with van der Waals surface area (Å²) in [6.45, 7) is 10.2. The van der Waals surface area contributed by atoms with Gasteiger partial charge < -0.3 is 5.32 Å². The van der Waals surface area contributed by atoms with Crippen molar-refractivity contribution in [3.63, 3.8) is 0 Å². The van der Waals surface area contributed by atoms with Crippen LogP contribution in [0, 0.1) is 16.2 Å². The van der Waals surface area contributed by atoms with Crippen LogP contribution in [0.1, 0.15) is 40.0 Å². The van der Waals surface area contributed by atoms with E-state index in [1.54, 1.807) is 6.08 Å². The fourth-order valence-corrected chi connectivity index (χ4v) is 3.69. The lowest BCUT2D eigenvalue weighted by Crippen LogP contribution is -2.46. The van der Waals surface area contributed by atoms with Crippen molar-refractivity contribution in [3.05, 3.63) is 12.7 Å². The average Bonchev–Trinajstić information content (AvgIpc) is 2.56. The molecule has 17 heavy (non-hydrogen) atoms. The van der Waals surface area contributed by atoms with Crippen LogP contribution in [-0.2, 0) is 9.59 Å². The molecule has 0 radical (unpaired) electrons. The van der Waals surface area contributed by atoms with E-state index in [9.17, 15) is 9.59 Å². The van der Waals surface area contributed by atoms with Crippen LogP contribution in [0.5, 0.6) is 0 Å². The zero-order chi connectivity index (χ0) is 12.9. The number of Topliss-reactive ketones (excluding diaryl/α,β-unsaturated/α-hetero) is 1. The van der Waals surface area contributed by atoms with E-state index in [0.717, 1.165) is 12.8 Å². The number of nitrogens with one attached hydrogen (secondary N) is 1. The minimum absolute atomic E-state index is 0.0250. The minimum atomic E-state index is -0.498. The summed E-state index contributed by atoms with van der Waals surface area (Å²) >= 11 is 0. The molecule has 2 fully saturated rings. The lowest BCUT2D eigenvalue weighted by Gasteiger charge is -2.38. The summed E-state index contributed by atoms with van der Waals surface area (Å²) in [4.78, 5) is 24.5. The molecule has 1 amide bonds. The number of fused-ring (bicyclic) bond motifs is 2. The molecule has 2 atom stereocenters. The molecule has 3 heteroatoms. The van der Waals surface area contributed by atoms with E-state index >= 15 is 0 Å². The summed E-state index contributed by atoms with van der Waals surface area (Å²) in [6, 6.07) is 0. The predicted molar refractivity (Wildman–Crippen MR) is 66.4 cm³/mol. The van der Waals surface area contributed by atoms with E-state index in [0.29, 0.717) is 13.0 Å². The van der Waals surface area contributed by atoms with Crippen LogP contribution in [-0.4, -0.2) is 18.2 Å². The third kappa shape index (κ3) is 1.23. The number of carbonyl (C=O) groups excluding carboxylic acids is 2. The Labute approximate surface area is 103 Å². The van der Waals surface area contributed by atoms with Crippen molar-refractivity contribution >= 4 is 11.7 Å². The molecule has 2 saturated carbocycles. The van der Waals surface area contributed by atoms with Gasteiger partial charge in [0.25, 0.3) is 0 Å². The summed E-state index contributed by atoms with van der Waals surface area (Å²) in [5.74, 6) is 0.277. The Balaban J connectivity index is 2.36. The van der Waals surface area contributed by atoms with Gasteiger partial charge in [0, 0.05) is 18.4 Å². The Morgan fingerprint density at radius 3 is 2.47 bits per heavy atom. The second kappa shape index (κ2) is 3.44. The third-order valence-electron chi connectivity index (χ3n) is 5.55. The first-order valence-electron chi connectivity index (χ1n) is 6.24. The van der Waals surface area contributed by atoms with E-state index in [-0.39, 0.29) is 22.5 Å². The average molecular weight is 235 g/mol. The molecule has 0 aromatic rings. The normalized spacial score (nSPS) is 38.2. The quantitative estimate of drug-likeness (QED) is 0.761. The van der Waals surface area contributed by atoms with Gasteiger partial charge in [-0.05, 0) is 18.3 Å². The monoisotopic (exact) mass is 235 g/mol. The van der Waals surface area contributed by atoms with Gasteiger partial charge in [-0.25, -0.2) is 0 Å². The van der Waals surface area contributed by atoms with E-state index in [1.807, 2.05) is 6.92 Å². The van der Waals surface area contributed by atoms with Crippen molar-refractivity contribution in [2.24, 2.45) is 16.2 Å². The zero-order valence-electron chi connectivity index (χ0n) is 10.9. The molecular formula is C14H21NO2. The highest BCUT2D eigenvalue weighted by Gasteiger charge is 2.72. The smallest absolute Gasteiger partial charge is 0.227 e. The largest absolute Gasteiger partial charge is 0.352 e. The first-order chi connectivity index (χ1) is 7.82. The van der Waals surface area contributed by atoms with Crippen LogP contribution < -0.4 is 5.32 Å². The highest BCUT2D eigenvalue weighted by Crippen LogP contribution is 2.70. The number of carbonyl (C=O) groups is 2. The maximum atomic E-state index is 12.4. The van der Waals surface area contributed by atoms with Gasteiger partial charge in [0.1, 0.15) is 5.78 Å². The van der Waals surface area contributed by atoms with Crippen LogP contribution in [0.4, 0.5) is 0 Å². The van der Waals surface area contributed by atoms with Crippen LogP contribution >= 0.6 is 0 Å². The summed E-state index contributed by atoms with van der Waals surface area (Å²) in [6.07, 6.45) is 3.73. The van der Waals surface area contributed by atoms with Crippen molar-refractivity contribution < 1.29 is 9.59 Å². The Hall–Kier alpha value is -1.12. The SMILES string of the molecule is C=CCNC(=O)[C@@]12CC[C@](C)(C(=O)C1)C2(C)C. The van der Waals surface area contributed by atoms with Gasteiger partial charge in [0.05, 0.1) is 5.41 Å². The van der Waals surface area contributed by atoms with Crippen LogP contribution in [0.2, 0.25) is 0 Å². The fraction of sp³-hybridized carbons (Fsp3) is 0.714. The number of hydrogen-bond acceptors (Lipinski definition) is 2. The van der Waals surface area contributed by atoms with Gasteiger partial charge in [0.15, 0.2) is 0 Å². The number of hydrogen-bond donors (Lipinski definition) is 1. The molecule has 0 heterocycles. The molecule has 1 N–H and O–H groups in total. The second-order valence-corrected chi connectivity index (χ2v) is 6.14. The summed E-state index contributed by atoms with van der Waals surface area (Å²) < 4.78 is 0. The standard InChI is InChI=1S/C14H21NO2/c1-5-8-15-11(17)14-7-6-13(4,10(16)9-14)12(14,2)3/h5H,1,6-9H2,2-4H3,(H,15,17)/t13-,14-/m1/s1. The molecule has 0 aliphatic heterocycles. The van der Waals surface area contributed by atoms with Crippen molar-refractivity contribution in [2.45, 2.75) is 40.0 Å². The third-order valence-corrected chi connectivity index (χ3v) is 5.55. The number of rotatable bonds is 3. The Morgan fingerprint density at radius 1 is 1.41 bits per heavy atom. The Bertz CT molecular complexity index is 399. The maximum Gasteiger partial charge on any atom is 0.227 e. The van der Waals surface area contributed by atoms with Crippen molar-refractivity contribution in [3.8, 4) is 0 Å².